The first-order chi connectivity index (χ1) is 11.2. The van der Waals surface area contributed by atoms with Crippen LogP contribution in [0.3, 0.4) is 0 Å². The van der Waals surface area contributed by atoms with E-state index in [0.29, 0.717) is 15.6 Å². The van der Waals surface area contributed by atoms with Gasteiger partial charge in [-0.3, -0.25) is 9.59 Å². The molecule has 0 saturated carbocycles. The minimum absolute atomic E-state index is 0.0192. The fourth-order valence-corrected chi connectivity index (χ4v) is 3.92. The van der Waals surface area contributed by atoms with Crippen molar-refractivity contribution in [2.45, 2.75) is 6.92 Å². The number of carbonyl (C=O) groups excluding carboxylic acids is 1. The van der Waals surface area contributed by atoms with E-state index in [4.69, 9.17) is 0 Å². The number of carbonyl (C=O) groups is 1. The minimum Gasteiger partial charge on any atom is -0.301 e. The number of benzene rings is 2. The van der Waals surface area contributed by atoms with E-state index in [1.54, 1.807) is 6.07 Å². The van der Waals surface area contributed by atoms with Gasteiger partial charge in [0.25, 0.3) is 0 Å². The van der Waals surface area contributed by atoms with Crippen LogP contribution in [0.15, 0.2) is 65.5 Å². The van der Waals surface area contributed by atoms with Gasteiger partial charge < -0.3 is 4.57 Å². The van der Waals surface area contributed by atoms with Gasteiger partial charge in [-0.25, -0.2) is 0 Å². The van der Waals surface area contributed by atoms with Crippen molar-refractivity contribution >= 4 is 38.2 Å². The lowest BCUT2D eigenvalue weighted by Crippen LogP contribution is -2.08. The highest BCUT2D eigenvalue weighted by atomic mass is 32.1. The summed E-state index contributed by atoms with van der Waals surface area (Å²) in [5.74, 6) is -0.0192. The second-order valence-corrected chi connectivity index (χ2v) is 6.43. The summed E-state index contributed by atoms with van der Waals surface area (Å²) in [6.45, 7) is 1.53. The van der Waals surface area contributed by atoms with Crippen molar-refractivity contribution in [2.75, 3.05) is 0 Å². The molecule has 0 radical (unpaired) electrons. The summed E-state index contributed by atoms with van der Waals surface area (Å²) >= 11 is 1.37. The number of nitrogens with zero attached hydrogens (tertiary/aromatic N) is 1. The molecule has 2 heterocycles. The van der Waals surface area contributed by atoms with Crippen molar-refractivity contribution in [3.8, 4) is 5.69 Å². The number of thiophene rings is 1. The molecule has 0 aliphatic carbocycles. The first-order valence-corrected chi connectivity index (χ1v) is 8.12. The zero-order chi connectivity index (χ0) is 16.0. The molecule has 0 atom stereocenters. The number of ketones is 1. The summed E-state index contributed by atoms with van der Waals surface area (Å²) in [4.78, 5) is 26.0. The predicted octanol–water partition coefficient (Wildman–Crippen LogP) is 4.41. The average Bonchev–Trinajstić information content (AvgIpc) is 3.02. The van der Waals surface area contributed by atoms with Crippen molar-refractivity contribution < 1.29 is 4.79 Å². The van der Waals surface area contributed by atoms with Crippen molar-refractivity contribution in [1.29, 1.82) is 0 Å². The van der Waals surface area contributed by atoms with E-state index in [9.17, 15) is 9.59 Å². The summed E-state index contributed by atoms with van der Waals surface area (Å²) in [5, 5.41) is 1.26. The van der Waals surface area contributed by atoms with Gasteiger partial charge in [0.1, 0.15) is 4.83 Å². The normalized spacial score (nSPS) is 11.2. The monoisotopic (exact) mass is 319 g/mol. The SMILES string of the molecule is CC(=O)c1cc2c(=O)c3ccccc3n(-c3ccccc3)c2s1. The Bertz CT molecular complexity index is 1110. The number of Topliss-reactive ketones (excluding diaryl/α,β-unsaturated/α-hetero) is 1. The Morgan fingerprint density at radius 3 is 2.39 bits per heavy atom. The van der Waals surface area contributed by atoms with Crippen molar-refractivity contribution in [1.82, 2.24) is 4.57 Å². The average molecular weight is 319 g/mol. The third kappa shape index (κ3) is 2.11. The summed E-state index contributed by atoms with van der Waals surface area (Å²) in [6, 6.07) is 19.2. The van der Waals surface area contributed by atoms with E-state index in [-0.39, 0.29) is 11.2 Å². The van der Waals surface area contributed by atoms with Crippen LogP contribution in [0.25, 0.3) is 26.8 Å². The Labute approximate surface area is 136 Å². The first-order valence-electron chi connectivity index (χ1n) is 7.30. The Morgan fingerprint density at radius 1 is 0.957 bits per heavy atom. The highest BCUT2D eigenvalue weighted by Gasteiger charge is 2.16. The number of aromatic nitrogens is 1. The fourth-order valence-electron chi connectivity index (χ4n) is 2.83. The molecule has 0 unspecified atom stereocenters. The molecule has 0 N–H and O–H groups in total. The van der Waals surface area contributed by atoms with E-state index in [2.05, 4.69) is 4.57 Å². The van der Waals surface area contributed by atoms with Crippen molar-refractivity contribution in [3.05, 3.63) is 75.8 Å². The molecule has 4 heteroatoms. The smallest absolute Gasteiger partial charge is 0.198 e. The Hall–Kier alpha value is -2.72. The third-order valence-corrected chi connectivity index (χ3v) is 5.13. The molecule has 0 fully saturated rings. The van der Waals surface area contributed by atoms with E-state index < -0.39 is 0 Å². The van der Waals surface area contributed by atoms with E-state index >= 15 is 0 Å². The van der Waals surface area contributed by atoms with Gasteiger partial charge in [0.15, 0.2) is 11.2 Å². The van der Waals surface area contributed by atoms with Gasteiger partial charge in [-0.05, 0) is 37.3 Å². The van der Waals surface area contributed by atoms with Gasteiger partial charge >= 0.3 is 0 Å². The van der Waals surface area contributed by atoms with Crippen LogP contribution in [0.2, 0.25) is 0 Å². The molecule has 0 aliphatic heterocycles. The van der Waals surface area contributed by atoms with Crippen LogP contribution in [-0.4, -0.2) is 10.4 Å². The molecule has 0 spiro atoms. The van der Waals surface area contributed by atoms with E-state index in [0.717, 1.165) is 16.0 Å². The van der Waals surface area contributed by atoms with Crippen LogP contribution >= 0.6 is 11.3 Å². The van der Waals surface area contributed by atoms with Gasteiger partial charge in [0.05, 0.1) is 15.8 Å². The first kappa shape index (κ1) is 13.9. The van der Waals surface area contributed by atoms with E-state index in [1.807, 2.05) is 54.6 Å². The number of pyridine rings is 1. The largest absolute Gasteiger partial charge is 0.301 e. The lowest BCUT2D eigenvalue weighted by atomic mass is 10.1. The summed E-state index contributed by atoms with van der Waals surface area (Å²) in [5.41, 5.74) is 1.81. The molecule has 0 amide bonds. The quantitative estimate of drug-likeness (QED) is 0.513. The molecule has 112 valence electrons. The molecule has 0 bridgehead atoms. The van der Waals surface area contributed by atoms with E-state index in [1.165, 1.54) is 18.3 Å². The van der Waals surface area contributed by atoms with Gasteiger partial charge in [-0.1, -0.05) is 30.3 Å². The molecular formula is C19H13NO2S. The maximum Gasteiger partial charge on any atom is 0.198 e. The maximum atomic E-state index is 12.8. The minimum atomic E-state index is -0.0217. The highest BCUT2D eigenvalue weighted by Crippen LogP contribution is 2.30. The van der Waals surface area contributed by atoms with Crippen molar-refractivity contribution in [2.24, 2.45) is 0 Å². The molecule has 4 aromatic rings. The lowest BCUT2D eigenvalue weighted by Gasteiger charge is -2.12. The summed E-state index contributed by atoms with van der Waals surface area (Å²) < 4.78 is 2.06. The second-order valence-electron chi connectivity index (χ2n) is 5.40. The Morgan fingerprint density at radius 2 is 1.65 bits per heavy atom. The standard InChI is InChI=1S/C19H13NO2S/c1-12(21)17-11-15-18(22)14-9-5-6-10-16(14)20(19(15)23-17)13-7-3-2-4-8-13/h2-11H,1H3. The van der Waals surface area contributed by atoms with Crippen LogP contribution < -0.4 is 5.43 Å². The molecule has 23 heavy (non-hydrogen) atoms. The molecule has 0 saturated heterocycles. The topological polar surface area (TPSA) is 39.1 Å². The second kappa shape index (κ2) is 5.18. The number of hydrogen-bond donors (Lipinski definition) is 0. The molecular weight excluding hydrogens is 306 g/mol. The summed E-state index contributed by atoms with van der Waals surface area (Å²) in [6.07, 6.45) is 0. The molecule has 4 rings (SSSR count). The predicted molar refractivity (Wildman–Crippen MR) is 94.9 cm³/mol. The zero-order valence-corrected chi connectivity index (χ0v) is 13.3. The van der Waals surface area contributed by atoms with Crippen LogP contribution in [0, 0.1) is 0 Å². The molecule has 3 nitrogen and oxygen atoms in total. The lowest BCUT2D eigenvalue weighted by molar-refractivity contribution is 0.102. The molecule has 0 aliphatic rings. The summed E-state index contributed by atoms with van der Waals surface area (Å²) in [7, 11) is 0. The van der Waals surface area contributed by atoms with Gasteiger partial charge in [-0.15, -0.1) is 11.3 Å². The van der Waals surface area contributed by atoms with Crippen LogP contribution in [-0.2, 0) is 0 Å². The maximum absolute atomic E-state index is 12.8. The van der Waals surface area contributed by atoms with Gasteiger partial charge in [0, 0.05) is 11.1 Å². The highest BCUT2D eigenvalue weighted by molar-refractivity contribution is 7.20. The number of para-hydroxylation sites is 2. The number of rotatable bonds is 2. The van der Waals surface area contributed by atoms with Crippen LogP contribution in [0.5, 0.6) is 0 Å². The third-order valence-electron chi connectivity index (χ3n) is 3.91. The van der Waals surface area contributed by atoms with Gasteiger partial charge in [0.2, 0.25) is 0 Å². The molecule has 2 aromatic heterocycles. The Balaban J connectivity index is 2.26. The fraction of sp³-hybridized carbons (Fsp3) is 0.0526. The van der Waals surface area contributed by atoms with Crippen molar-refractivity contribution in [3.63, 3.8) is 0 Å². The number of hydrogen-bond acceptors (Lipinski definition) is 3. The number of fused-ring (bicyclic) bond motifs is 2. The van der Waals surface area contributed by atoms with Crippen LogP contribution in [0.1, 0.15) is 16.6 Å². The Kier molecular flexibility index (Phi) is 3.13. The molecule has 2 aromatic carbocycles. The van der Waals surface area contributed by atoms with Gasteiger partial charge in [-0.2, -0.15) is 0 Å². The van der Waals surface area contributed by atoms with Crippen LogP contribution in [0.4, 0.5) is 0 Å². The zero-order valence-electron chi connectivity index (χ0n) is 12.4.